The van der Waals surface area contributed by atoms with Gasteiger partial charge >= 0.3 is 0 Å². The first-order chi connectivity index (χ1) is 10.9. The van der Waals surface area contributed by atoms with Crippen LogP contribution in [0.25, 0.3) is 0 Å². The van der Waals surface area contributed by atoms with Crippen LogP contribution in [-0.2, 0) is 14.2 Å². The van der Waals surface area contributed by atoms with Crippen LogP contribution in [0.1, 0.15) is 25.7 Å². The van der Waals surface area contributed by atoms with Crippen LogP contribution in [0.4, 0.5) is 0 Å². The van der Waals surface area contributed by atoms with Gasteiger partial charge in [-0.2, -0.15) is 0 Å². The third kappa shape index (κ3) is 3.49. The number of hydrogen-bond acceptors (Lipinski definition) is 5. The zero-order chi connectivity index (χ0) is 14.8. The van der Waals surface area contributed by atoms with E-state index in [4.69, 9.17) is 14.2 Å². The third-order valence-electron chi connectivity index (χ3n) is 5.81. The highest BCUT2D eigenvalue weighted by Gasteiger charge is 2.41. The number of morpholine rings is 1. The van der Waals surface area contributed by atoms with Crippen LogP contribution < -0.4 is 0 Å². The first kappa shape index (κ1) is 15.3. The molecule has 0 aromatic carbocycles. The summed E-state index contributed by atoms with van der Waals surface area (Å²) in [5.41, 5.74) is 0. The summed E-state index contributed by atoms with van der Waals surface area (Å²) in [5.74, 6) is 0.820. The summed E-state index contributed by atoms with van der Waals surface area (Å²) in [6.07, 6.45) is 5.80. The molecule has 4 heterocycles. The van der Waals surface area contributed by atoms with Gasteiger partial charge in [0.2, 0.25) is 0 Å². The molecule has 4 aliphatic heterocycles. The zero-order valence-electron chi connectivity index (χ0n) is 13.6. The number of fused-ring (bicyclic) bond motifs is 1. The summed E-state index contributed by atoms with van der Waals surface area (Å²) in [4.78, 5) is 5.28. The molecule has 0 radical (unpaired) electrons. The second-order valence-corrected chi connectivity index (χ2v) is 7.38. The van der Waals surface area contributed by atoms with E-state index in [2.05, 4.69) is 9.80 Å². The maximum Gasteiger partial charge on any atom is 0.0869 e. The summed E-state index contributed by atoms with van der Waals surface area (Å²) in [6.45, 7) is 9.45. The predicted molar refractivity (Wildman–Crippen MR) is 84.1 cm³/mol. The van der Waals surface area contributed by atoms with Crippen LogP contribution in [0, 0.1) is 5.92 Å². The minimum Gasteiger partial charge on any atom is -0.381 e. The quantitative estimate of drug-likeness (QED) is 0.773. The molecule has 0 spiro atoms. The molecule has 0 bridgehead atoms. The normalized spacial score (nSPS) is 38.5. The van der Waals surface area contributed by atoms with Crippen LogP contribution >= 0.6 is 0 Å². The molecule has 22 heavy (non-hydrogen) atoms. The largest absolute Gasteiger partial charge is 0.381 e. The summed E-state index contributed by atoms with van der Waals surface area (Å²) in [7, 11) is 0. The molecular weight excluding hydrogens is 280 g/mol. The highest BCUT2D eigenvalue weighted by Crippen LogP contribution is 2.27. The molecule has 5 nitrogen and oxygen atoms in total. The van der Waals surface area contributed by atoms with E-state index in [0.717, 1.165) is 52.0 Å². The Morgan fingerprint density at radius 1 is 0.864 bits per heavy atom. The van der Waals surface area contributed by atoms with Gasteiger partial charge in [-0.15, -0.1) is 0 Å². The van der Waals surface area contributed by atoms with Crippen molar-refractivity contribution in [2.24, 2.45) is 5.92 Å². The number of hydrogen-bond donors (Lipinski definition) is 0. The number of nitrogens with zero attached hydrogens (tertiary/aromatic N) is 2. The molecule has 0 amide bonds. The lowest BCUT2D eigenvalue weighted by Gasteiger charge is -2.38. The molecule has 0 aromatic rings. The maximum absolute atomic E-state index is 6.07. The molecule has 3 atom stereocenters. The van der Waals surface area contributed by atoms with Gasteiger partial charge in [-0.05, 0) is 31.6 Å². The van der Waals surface area contributed by atoms with E-state index in [1.807, 2.05) is 0 Å². The van der Waals surface area contributed by atoms with Gasteiger partial charge in [0.05, 0.1) is 18.8 Å². The van der Waals surface area contributed by atoms with Crippen molar-refractivity contribution in [3.05, 3.63) is 0 Å². The van der Waals surface area contributed by atoms with Crippen LogP contribution in [-0.4, -0.2) is 87.2 Å². The van der Waals surface area contributed by atoms with Gasteiger partial charge in [-0.3, -0.25) is 9.80 Å². The standard InChI is InChI=1S/C17H30N2O3/c1-2-15(21-6-1)11-19-5-9-22-17-13-18(12-16(17)19)10-14-3-7-20-8-4-14/h14-17H,1-13H2/t15-,16-,17+/m1/s1. The highest BCUT2D eigenvalue weighted by atomic mass is 16.5. The molecular formula is C17H30N2O3. The van der Waals surface area contributed by atoms with Gasteiger partial charge < -0.3 is 14.2 Å². The molecule has 0 N–H and O–H groups in total. The zero-order valence-corrected chi connectivity index (χ0v) is 13.6. The second-order valence-electron chi connectivity index (χ2n) is 7.38. The lowest BCUT2D eigenvalue weighted by atomic mass is 10.00. The fourth-order valence-electron chi connectivity index (χ4n) is 4.55. The van der Waals surface area contributed by atoms with E-state index in [9.17, 15) is 0 Å². The van der Waals surface area contributed by atoms with E-state index >= 15 is 0 Å². The van der Waals surface area contributed by atoms with Crippen molar-refractivity contribution in [2.75, 3.05) is 59.2 Å². The van der Waals surface area contributed by atoms with E-state index in [1.54, 1.807) is 0 Å². The fraction of sp³-hybridized carbons (Fsp3) is 1.00. The van der Waals surface area contributed by atoms with Gasteiger partial charge in [0.25, 0.3) is 0 Å². The molecule has 4 aliphatic rings. The second kappa shape index (κ2) is 7.14. The van der Waals surface area contributed by atoms with Crippen LogP contribution in [0.3, 0.4) is 0 Å². The smallest absolute Gasteiger partial charge is 0.0869 e. The molecule has 0 aliphatic carbocycles. The average molecular weight is 310 g/mol. The fourth-order valence-corrected chi connectivity index (χ4v) is 4.55. The minimum atomic E-state index is 0.412. The summed E-state index contributed by atoms with van der Waals surface area (Å²) in [5, 5.41) is 0. The van der Waals surface area contributed by atoms with Gasteiger partial charge in [0.15, 0.2) is 0 Å². The predicted octanol–water partition coefficient (Wildman–Crippen LogP) is 0.977. The first-order valence-corrected chi connectivity index (χ1v) is 9.16. The number of ether oxygens (including phenoxy) is 3. The third-order valence-corrected chi connectivity index (χ3v) is 5.81. The Labute approximate surface area is 133 Å². The van der Waals surface area contributed by atoms with Crippen molar-refractivity contribution in [3.63, 3.8) is 0 Å². The van der Waals surface area contributed by atoms with Crippen LogP contribution in [0.15, 0.2) is 0 Å². The van der Waals surface area contributed by atoms with Crippen molar-refractivity contribution >= 4 is 0 Å². The summed E-state index contributed by atoms with van der Waals surface area (Å²) in [6, 6.07) is 0.581. The van der Waals surface area contributed by atoms with Crippen molar-refractivity contribution < 1.29 is 14.2 Å². The topological polar surface area (TPSA) is 34.2 Å². The van der Waals surface area contributed by atoms with Gasteiger partial charge in [0, 0.05) is 58.6 Å². The van der Waals surface area contributed by atoms with E-state index < -0.39 is 0 Å². The Morgan fingerprint density at radius 2 is 1.77 bits per heavy atom. The molecule has 4 saturated heterocycles. The van der Waals surface area contributed by atoms with Crippen molar-refractivity contribution in [2.45, 2.75) is 43.9 Å². The molecule has 5 heteroatoms. The maximum atomic E-state index is 6.07. The number of rotatable bonds is 4. The molecule has 4 rings (SSSR count). The lowest BCUT2D eigenvalue weighted by molar-refractivity contribution is -0.0615. The Bertz CT molecular complexity index is 356. The molecule has 0 aromatic heterocycles. The Hall–Kier alpha value is -0.200. The highest BCUT2D eigenvalue weighted by molar-refractivity contribution is 4.95. The summed E-state index contributed by atoms with van der Waals surface area (Å²) >= 11 is 0. The van der Waals surface area contributed by atoms with E-state index in [1.165, 1.54) is 38.8 Å². The Morgan fingerprint density at radius 3 is 2.59 bits per heavy atom. The minimum absolute atomic E-state index is 0.412. The first-order valence-electron chi connectivity index (χ1n) is 9.16. The van der Waals surface area contributed by atoms with E-state index in [-0.39, 0.29) is 0 Å². The lowest BCUT2D eigenvalue weighted by Crippen LogP contribution is -2.52. The molecule has 0 saturated carbocycles. The SMILES string of the molecule is C1CO[C@@H](CN2CCO[C@H]3CN(CC4CCOCC4)C[C@H]32)C1. The van der Waals surface area contributed by atoms with E-state index in [0.29, 0.717) is 18.2 Å². The van der Waals surface area contributed by atoms with Crippen molar-refractivity contribution in [1.29, 1.82) is 0 Å². The van der Waals surface area contributed by atoms with Crippen molar-refractivity contribution in [3.8, 4) is 0 Å². The Balaban J connectivity index is 1.31. The van der Waals surface area contributed by atoms with Crippen LogP contribution in [0.2, 0.25) is 0 Å². The van der Waals surface area contributed by atoms with Gasteiger partial charge in [-0.1, -0.05) is 0 Å². The molecule has 126 valence electrons. The monoisotopic (exact) mass is 310 g/mol. The average Bonchev–Trinajstić information content (AvgIpc) is 3.18. The van der Waals surface area contributed by atoms with Gasteiger partial charge in [-0.25, -0.2) is 0 Å². The summed E-state index contributed by atoms with van der Waals surface area (Å²) < 4.78 is 17.4. The van der Waals surface area contributed by atoms with Crippen LogP contribution in [0.5, 0.6) is 0 Å². The van der Waals surface area contributed by atoms with Gasteiger partial charge in [0.1, 0.15) is 0 Å². The Kier molecular flexibility index (Phi) is 4.98. The number of likely N-dealkylation sites (tertiary alicyclic amines) is 1. The van der Waals surface area contributed by atoms with Crippen molar-refractivity contribution in [1.82, 2.24) is 9.80 Å². The molecule has 0 unspecified atom stereocenters. The molecule has 4 fully saturated rings.